The van der Waals surface area contributed by atoms with Crippen LogP contribution in [-0.4, -0.2) is 6.61 Å². The SMILES string of the molecule is CC(NCc1ccc2c(c1)CCO2)c1ccc(Cl)cc1. The summed E-state index contributed by atoms with van der Waals surface area (Å²) in [5, 5.41) is 4.32. The fourth-order valence-corrected chi connectivity index (χ4v) is 2.62. The summed E-state index contributed by atoms with van der Waals surface area (Å²) in [6, 6.07) is 14.7. The van der Waals surface area contributed by atoms with Gasteiger partial charge in [0.15, 0.2) is 0 Å². The molecule has 3 rings (SSSR count). The molecular formula is C17H18ClNO. The number of fused-ring (bicyclic) bond motifs is 1. The first-order valence-electron chi connectivity index (χ1n) is 6.96. The van der Waals surface area contributed by atoms with E-state index in [1.54, 1.807) is 0 Å². The molecule has 3 heteroatoms. The Morgan fingerprint density at radius 3 is 2.80 bits per heavy atom. The van der Waals surface area contributed by atoms with Crippen LogP contribution in [0.1, 0.15) is 29.7 Å². The first-order valence-corrected chi connectivity index (χ1v) is 7.33. The number of benzene rings is 2. The number of nitrogens with one attached hydrogen (secondary N) is 1. The summed E-state index contributed by atoms with van der Waals surface area (Å²) in [6.45, 7) is 3.84. The van der Waals surface area contributed by atoms with Gasteiger partial charge < -0.3 is 10.1 Å². The highest BCUT2D eigenvalue weighted by molar-refractivity contribution is 6.30. The van der Waals surface area contributed by atoms with Gasteiger partial charge in [0.25, 0.3) is 0 Å². The molecule has 2 aromatic carbocycles. The number of halogens is 1. The molecule has 0 bridgehead atoms. The van der Waals surface area contributed by atoms with Crippen LogP contribution in [-0.2, 0) is 13.0 Å². The number of hydrogen-bond acceptors (Lipinski definition) is 2. The predicted octanol–water partition coefficient (Wildman–Crippen LogP) is 4.13. The van der Waals surface area contributed by atoms with Crippen LogP contribution in [0.25, 0.3) is 0 Å². The Kier molecular flexibility index (Phi) is 3.95. The summed E-state index contributed by atoms with van der Waals surface area (Å²) in [4.78, 5) is 0. The monoisotopic (exact) mass is 287 g/mol. The molecule has 0 spiro atoms. The van der Waals surface area contributed by atoms with Gasteiger partial charge in [0.05, 0.1) is 6.61 Å². The molecule has 0 fully saturated rings. The maximum atomic E-state index is 5.91. The van der Waals surface area contributed by atoms with E-state index in [0.717, 1.165) is 30.3 Å². The van der Waals surface area contributed by atoms with Crippen LogP contribution in [0.2, 0.25) is 5.02 Å². The smallest absolute Gasteiger partial charge is 0.122 e. The second-order valence-electron chi connectivity index (χ2n) is 5.19. The van der Waals surface area contributed by atoms with Crippen LogP contribution in [0.5, 0.6) is 5.75 Å². The van der Waals surface area contributed by atoms with Gasteiger partial charge >= 0.3 is 0 Å². The summed E-state index contributed by atoms with van der Waals surface area (Å²) in [5.74, 6) is 1.04. The molecule has 0 saturated heterocycles. The van der Waals surface area contributed by atoms with Crippen molar-refractivity contribution in [3.05, 3.63) is 64.2 Å². The van der Waals surface area contributed by atoms with Crippen LogP contribution >= 0.6 is 11.6 Å². The molecule has 0 aliphatic carbocycles. The Morgan fingerprint density at radius 2 is 2.00 bits per heavy atom. The van der Waals surface area contributed by atoms with Gasteiger partial charge in [-0.25, -0.2) is 0 Å². The van der Waals surface area contributed by atoms with Gasteiger partial charge in [0, 0.05) is 24.0 Å². The largest absolute Gasteiger partial charge is 0.493 e. The van der Waals surface area contributed by atoms with E-state index in [1.807, 2.05) is 12.1 Å². The Labute approximate surface area is 124 Å². The molecule has 0 aromatic heterocycles. The third-order valence-corrected chi connectivity index (χ3v) is 3.99. The van der Waals surface area contributed by atoms with Crippen LogP contribution in [0.3, 0.4) is 0 Å². The van der Waals surface area contributed by atoms with E-state index in [9.17, 15) is 0 Å². The summed E-state index contributed by atoms with van der Waals surface area (Å²) in [7, 11) is 0. The van der Waals surface area contributed by atoms with Crippen LogP contribution in [0.4, 0.5) is 0 Å². The van der Waals surface area contributed by atoms with E-state index in [0.29, 0.717) is 6.04 Å². The molecule has 2 aromatic rings. The highest BCUT2D eigenvalue weighted by Gasteiger charge is 2.12. The van der Waals surface area contributed by atoms with Gasteiger partial charge in [0.2, 0.25) is 0 Å². The summed E-state index contributed by atoms with van der Waals surface area (Å²) in [6.07, 6.45) is 1.02. The number of ether oxygens (including phenoxy) is 1. The molecule has 1 N–H and O–H groups in total. The van der Waals surface area contributed by atoms with E-state index in [-0.39, 0.29) is 0 Å². The van der Waals surface area contributed by atoms with Gasteiger partial charge in [0.1, 0.15) is 5.75 Å². The predicted molar refractivity (Wildman–Crippen MR) is 82.3 cm³/mol. The molecular weight excluding hydrogens is 270 g/mol. The molecule has 20 heavy (non-hydrogen) atoms. The van der Waals surface area contributed by atoms with Crippen molar-refractivity contribution >= 4 is 11.6 Å². The van der Waals surface area contributed by atoms with Crippen molar-refractivity contribution in [3.8, 4) is 5.75 Å². The molecule has 1 aliphatic rings. The first kappa shape index (κ1) is 13.5. The van der Waals surface area contributed by atoms with Gasteiger partial charge in [-0.3, -0.25) is 0 Å². The molecule has 1 unspecified atom stereocenters. The minimum atomic E-state index is 0.303. The highest BCUT2D eigenvalue weighted by Crippen LogP contribution is 2.26. The number of rotatable bonds is 4. The first-order chi connectivity index (χ1) is 9.72. The molecule has 0 radical (unpaired) electrons. The summed E-state index contributed by atoms with van der Waals surface area (Å²) < 4.78 is 5.53. The lowest BCUT2D eigenvalue weighted by Crippen LogP contribution is -2.18. The molecule has 1 aliphatic heterocycles. The Hall–Kier alpha value is -1.51. The zero-order chi connectivity index (χ0) is 13.9. The lowest BCUT2D eigenvalue weighted by atomic mass is 10.1. The quantitative estimate of drug-likeness (QED) is 0.913. The number of hydrogen-bond donors (Lipinski definition) is 1. The van der Waals surface area contributed by atoms with Gasteiger partial charge in [-0.1, -0.05) is 35.9 Å². The minimum Gasteiger partial charge on any atom is -0.493 e. The summed E-state index contributed by atoms with van der Waals surface area (Å²) in [5.41, 5.74) is 3.87. The Balaban J connectivity index is 1.63. The maximum absolute atomic E-state index is 5.91. The van der Waals surface area contributed by atoms with Crippen molar-refractivity contribution in [1.82, 2.24) is 5.32 Å². The summed E-state index contributed by atoms with van der Waals surface area (Å²) >= 11 is 5.91. The second-order valence-corrected chi connectivity index (χ2v) is 5.63. The highest BCUT2D eigenvalue weighted by atomic mass is 35.5. The van der Waals surface area contributed by atoms with Crippen molar-refractivity contribution in [3.63, 3.8) is 0 Å². The zero-order valence-corrected chi connectivity index (χ0v) is 12.3. The average Bonchev–Trinajstić information content (AvgIpc) is 2.93. The fraction of sp³-hybridized carbons (Fsp3) is 0.294. The van der Waals surface area contributed by atoms with Crippen molar-refractivity contribution in [2.75, 3.05) is 6.61 Å². The maximum Gasteiger partial charge on any atom is 0.122 e. The second kappa shape index (κ2) is 5.86. The Morgan fingerprint density at radius 1 is 1.20 bits per heavy atom. The van der Waals surface area contributed by atoms with E-state index >= 15 is 0 Å². The van der Waals surface area contributed by atoms with Crippen LogP contribution in [0, 0.1) is 0 Å². The third kappa shape index (κ3) is 2.97. The van der Waals surface area contributed by atoms with Crippen molar-refractivity contribution in [2.24, 2.45) is 0 Å². The van der Waals surface area contributed by atoms with Crippen molar-refractivity contribution in [1.29, 1.82) is 0 Å². The lowest BCUT2D eigenvalue weighted by molar-refractivity contribution is 0.357. The zero-order valence-electron chi connectivity index (χ0n) is 11.5. The van der Waals surface area contributed by atoms with Gasteiger partial charge in [-0.05, 0) is 41.8 Å². The molecule has 2 nitrogen and oxygen atoms in total. The minimum absolute atomic E-state index is 0.303. The van der Waals surface area contributed by atoms with Gasteiger partial charge in [-0.15, -0.1) is 0 Å². The fourth-order valence-electron chi connectivity index (χ4n) is 2.49. The van der Waals surface area contributed by atoms with E-state index in [4.69, 9.17) is 16.3 Å². The van der Waals surface area contributed by atoms with E-state index in [2.05, 4.69) is 42.6 Å². The average molecular weight is 288 g/mol. The molecule has 0 saturated carbocycles. The molecule has 0 amide bonds. The molecule has 1 heterocycles. The van der Waals surface area contributed by atoms with Crippen molar-refractivity contribution < 1.29 is 4.74 Å². The normalized spacial score (nSPS) is 14.7. The lowest BCUT2D eigenvalue weighted by Gasteiger charge is -2.15. The topological polar surface area (TPSA) is 21.3 Å². The standard InChI is InChI=1S/C17H18ClNO/c1-12(14-3-5-16(18)6-4-14)19-11-13-2-7-17-15(10-13)8-9-20-17/h2-7,10,12,19H,8-9,11H2,1H3. The Bertz CT molecular complexity index is 594. The van der Waals surface area contributed by atoms with Crippen LogP contribution < -0.4 is 10.1 Å². The third-order valence-electron chi connectivity index (χ3n) is 3.74. The molecule has 1 atom stereocenters. The van der Waals surface area contributed by atoms with Gasteiger partial charge in [-0.2, -0.15) is 0 Å². The van der Waals surface area contributed by atoms with Crippen LogP contribution in [0.15, 0.2) is 42.5 Å². The molecule has 104 valence electrons. The van der Waals surface area contributed by atoms with E-state index in [1.165, 1.54) is 16.7 Å². The van der Waals surface area contributed by atoms with Crippen molar-refractivity contribution in [2.45, 2.75) is 25.9 Å². The van der Waals surface area contributed by atoms with E-state index < -0.39 is 0 Å².